The van der Waals surface area contributed by atoms with Crippen LogP contribution in [0.2, 0.25) is 0 Å². The molecule has 0 spiro atoms. The van der Waals surface area contributed by atoms with Crippen molar-refractivity contribution >= 4 is 6.29 Å². The average molecular weight is 220 g/mol. The Labute approximate surface area is 92.8 Å². The van der Waals surface area contributed by atoms with Crippen molar-refractivity contribution in [1.29, 1.82) is 0 Å². The zero-order valence-corrected chi connectivity index (χ0v) is 8.68. The van der Waals surface area contributed by atoms with Gasteiger partial charge in [0.15, 0.2) is 17.8 Å². The molecule has 1 saturated carbocycles. The highest BCUT2D eigenvalue weighted by Gasteiger charge is 2.32. The second-order valence-electron chi connectivity index (χ2n) is 4.32. The lowest BCUT2D eigenvalue weighted by Crippen LogP contribution is -2.18. The molecule has 4 heteroatoms. The first-order chi connectivity index (χ1) is 7.76. The van der Waals surface area contributed by atoms with Gasteiger partial charge in [0.1, 0.15) is 5.75 Å². The van der Waals surface area contributed by atoms with E-state index in [4.69, 9.17) is 9.47 Å². The SMILES string of the molecule is O=Cc1cc2c(cc1O)OC(CC1CC1)O2. The van der Waals surface area contributed by atoms with Crippen molar-refractivity contribution in [3.8, 4) is 17.2 Å². The number of ether oxygens (including phenoxy) is 2. The number of carbonyl (C=O) groups excluding carboxylic acids is 1. The van der Waals surface area contributed by atoms with Gasteiger partial charge in [0, 0.05) is 12.5 Å². The van der Waals surface area contributed by atoms with E-state index in [0.717, 1.165) is 6.42 Å². The topological polar surface area (TPSA) is 55.8 Å². The Kier molecular flexibility index (Phi) is 2.02. The summed E-state index contributed by atoms with van der Waals surface area (Å²) in [7, 11) is 0. The van der Waals surface area contributed by atoms with E-state index in [9.17, 15) is 9.90 Å². The fourth-order valence-electron chi connectivity index (χ4n) is 1.87. The van der Waals surface area contributed by atoms with Gasteiger partial charge in [-0.05, 0) is 24.8 Å². The highest BCUT2D eigenvalue weighted by molar-refractivity contribution is 5.81. The normalized spacial score (nSPS) is 22.1. The standard InChI is InChI=1S/C12H12O4/c13-6-8-4-10-11(5-9(8)14)16-12(15-10)3-7-1-2-7/h4-7,12,14H,1-3H2. The zero-order valence-electron chi connectivity index (χ0n) is 8.68. The average Bonchev–Trinajstić information content (AvgIpc) is 2.97. The van der Waals surface area contributed by atoms with Gasteiger partial charge in [0.05, 0.1) is 5.56 Å². The molecule has 1 heterocycles. The predicted octanol–water partition coefficient (Wildman–Crippen LogP) is 2.10. The number of phenolic OH excluding ortho intramolecular Hbond substituents is 1. The van der Waals surface area contributed by atoms with Gasteiger partial charge in [-0.2, -0.15) is 0 Å². The van der Waals surface area contributed by atoms with Crippen LogP contribution in [0.25, 0.3) is 0 Å². The molecule has 1 aliphatic carbocycles. The highest BCUT2D eigenvalue weighted by atomic mass is 16.7. The van der Waals surface area contributed by atoms with E-state index in [1.165, 1.54) is 25.0 Å². The van der Waals surface area contributed by atoms with Crippen molar-refractivity contribution in [2.45, 2.75) is 25.6 Å². The summed E-state index contributed by atoms with van der Waals surface area (Å²) >= 11 is 0. The lowest BCUT2D eigenvalue weighted by Gasteiger charge is -2.08. The van der Waals surface area contributed by atoms with Crippen molar-refractivity contribution in [2.75, 3.05) is 0 Å². The number of hydrogen-bond acceptors (Lipinski definition) is 4. The van der Waals surface area contributed by atoms with E-state index in [2.05, 4.69) is 0 Å². The van der Waals surface area contributed by atoms with Gasteiger partial charge in [-0.1, -0.05) is 0 Å². The van der Waals surface area contributed by atoms with Crippen LogP contribution in [0.3, 0.4) is 0 Å². The van der Waals surface area contributed by atoms with E-state index < -0.39 is 0 Å². The monoisotopic (exact) mass is 220 g/mol. The number of rotatable bonds is 3. The molecule has 1 aromatic rings. The number of aromatic hydroxyl groups is 1. The molecule has 16 heavy (non-hydrogen) atoms. The molecule has 2 aliphatic rings. The highest BCUT2D eigenvalue weighted by Crippen LogP contribution is 2.43. The van der Waals surface area contributed by atoms with Crippen LogP contribution >= 0.6 is 0 Å². The van der Waals surface area contributed by atoms with Crippen molar-refractivity contribution in [2.24, 2.45) is 5.92 Å². The number of aldehydes is 1. The van der Waals surface area contributed by atoms with E-state index in [-0.39, 0.29) is 17.6 Å². The Hall–Kier alpha value is -1.71. The van der Waals surface area contributed by atoms with Crippen LogP contribution in [0.4, 0.5) is 0 Å². The molecule has 0 bridgehead atoms. The molecule has 1 aliphatic heterocycles. The van der Waals surface area contributed by atoms with E-state index >= 15 is 0 Å². The first-order valence-electron chi connectivity index (χ1n) is 5.42. The van der Waals surface area contributed by atoms with Crippen LogP contribution in [-0.4, -0.2) is 17.7 Å². The number of hydrogen-bond donors (Lipinski definition) is 1. The van der Waals surface area contributed by atoms with Gasteiger partial charge in [0.25, 0.3) is 0 Å². The summed E-state index contributed by atoms with van der Waals surface area (Å²) in [5.74, 6) is 1.71. The fourth-order valence-corrected chi connectivity index (χ4v) is 1.87. The van der Waals surface area contributed by atoms with E-state index in [1.807, 2.05) is 0 Å². The number of benzene rings is 1. The van der Waals surface area contributed by atoms with Crippen molar-refractivity contribution in [3.63, 3.8) is 0 Å². The van der Waals surface area contributed by atoms with Crippen LogP contribution in [0.5, 0.6) is 17.2 Å². The predicted molar refractivity (Wildman–Crippen MR) is 55.9 cm³/mol. The summed E-state index contributed by atoms with van der Waals surface area (Å²) < 4.78 is 11.1. The number of fused-ring (bicyclic) bond motifs is 1. The van der Waals surface area contributed by atoms with Gasteiger partial charge in [0.2, 0.25) is 6.29 Å². The third-order valence-corrected chi connectivity index (χ3v) is 2.96. The smallest absolute Gasteiger partial charge is 0.241 e. The van der Waals surface area contributed by atoms with Crippen molar-refractivity contribution in [3.05, 3.63) is 17.7 Å². The van der Waals surface area contributed by atoms with Gasteiger partial charge < -0.3 is 14.6 Å². The third kappa shape index (κ3) is 1.60. The molecular formula is C12H12O4. The summed E-state index contributed by atoms with van der Waals surface area (Å²) in [4.78, 5) is 10.6. The van der Waals surface area contributed by atoms with Gasteiger partial charge in [-0.15, -0.1) is 0 Å². The lowest BCUT2D eigenvalue weighted by atomic mass is 10.2. The summed E-state index contributed by atoms with van der Waals surface area (Å²) in [5, 5.41) is 9.49. The van der Waals surface area contributed by atoms with Gasteiger partial charge in [-0.25, -0.2) is 0 Å². The minimum absolute atomic E-state index is 0.0654. The Balaban J connectivity index is 1.82. The molecule has 0 amide bonds. The maximum atomic E-state index is 10.6. The minimum Gasteiger partial charge on any atom is -0.507 e. The first kappa shape index (κ1) is 9.51. The number of phenols is 1. The van der Waals surface area contributed by atoms with Crippen LogP contribution in [0.15, 0.2) is 12.1 Å². The summed E-state index contributed by atoms with van der Waals surface area (Å²) in [6.07, 6.45) is 3.71. The van der Waals surface area contributed by atoms with Crippen LogP contribution in [-0.2, 0) is 0 Å². The summed E-state index contributed by atoms with van der Waals surface area (Å²) in [6.45, 7) is 0. The van der Waals surface area contributed by atoms with Crippen LogP contribution in [0, 0.1) is 5.92 Å². The molecule has 0 radical (unpaired) electrons. The molecule has 0 aromatic heterocycles. The Bertz CT molecular complexity index is 437. The van der Waals surface area contributed by atoms with E-state index in [0.29, 0.717) is 23.7 Å². The lowest BCUT2D eigenvalue weighted by molar-refractivity contribution is 0.0369. The maximum absolute atomic E-state index is 10.6. The maximum Gasteiger partial charge on any atom is 0.241 e. The molecule has 3 rings (SSSR count). The zero-order chi connectivity index (χ0) is 11.1. The molecule has 0 saturated heterocycles. The molecule has 1 unspecified atom stereocenters. The largest absolute Gasteiger partial charge is 0.507 e. The van der Waals surface area contributed by atoms with Crippen LogP contribution in [0.1, 0.15) is 29.6 Å². The quantitative estimate of drug-likeness (QED) is 0.792. The Morgan fingerprint density at radius 1 is 1.31 bits per heavy atom. The Morgan fingerprint density at radius 3 is 2.62 bits per heavy atom. The van der Waals surface area contributed by atoms with Crippen molar-refractivity contribution < 1.29 is 19.4 Å². The molecule has 1 N–H and O–H groups in total. The number of carbonyl (C=O) groups is 1. The second kappa shape index (κ2) is 3.40. The van der Waals surface area contributed by atoms with Gasteiger partial charge >= 0.3 is 0 Å². The van der Waals surface area contributed by atoms with Crippen LogP contribution < -0.4 is 9.47 Å². The molecule has 4 nitrogen and oxygen atoms in total. The fraction of sp³-hybridized carbons (Fsp3) is 0.417. The summed E-state index contributed by atoms with van der Waals surface area (Å²) in [6, 6.07) is 2.95. The first-order valence-corrected chi connectivity index (χ1v) is 5.42. The van der Waals surface area contributed by atoms with Crippen molar-refractivity contribution in [1.82, 2.24) is 0 Å². The van der Waals surface area contributed by atoms with Gasteiger partial charge in [-0.3, -0.25) is 4.79 Å². The molecule has 1 fully saturated rings. The molecular weight excluding hydrogens is 208 g/mol. The third-order valence-electron chi connectivity index (χ3n) is 2.96. The Morgan fingerprint density at radius 2 is 2.00 bits per heavy atom. The minimum atomic E-state index is -0.260. The molecule has 84 valence electrons. The molecule has 1 aromatic carbocycles. The summed E-state index contributed by atoms with van der Waals surface area (Å²) in [5.41, 5.74) is 0.231. The second-order valence-corrected chi connectivity index (χ2v) is 4.32. The van der Waals surface area contributed by atoms with E-state index in [1.54, 1.807) is 0 Å². The molecule has 1 atom stereocenters.